The predicted molar refractivity (Wildman–Crippen MR) is 125 cm³/mol. The molecule has 2 aliphatic heterocycles. The molecule has 2 saturated heterocycles. The Morgan fingerprint density at radius 1 is 1.00 bits per heavy atom. The molecule has 0 bridgehead atoms. The summed E-state index contributed by atoms with van der Waals surface area (Å²) in [6.07, 6.45) is -3.89. The summed E-state index contributed by atoms with van der Waals surface area (Å²) >= 11 is 0. The Labute approximate surface area is 202 Å². The Balaban J connectivity index is 1.26. The van der Waals surface area contributed by atoms with Crippen LogP contribution < -0.4 is 10.2 Å². The lowest BCUT2D eigenvalue weighted by atomic mass is 9.96. The van der Waals surface area contributed by atoms with E-state index in [1.807, 2.05) is 41.3 Å². The van der Waals surface area contributed by atoms with Crippen molar-refractivity contribution >= 4 is 28.9 Å². The molecule has 0 radical (unpaired) electrons. The number of nitrogens with zero attached hydrogens (tertiary/aromatic N) is 3. The van der Waals surface area contributed by atoms with E-state index < -0.39 is 18.0 Å². The molecule has 2 N–H and O–H groups in total. The zero-order valence-electron chi connectivity index (χ0n) is 19.5. The van der Waals surface area contributed by atoms with Gasteiger partial charge < -0.3 is 15.1 Å². The third-order valence-electron chi connectivity index (χ3n) is 6.70. The van der Waals surface area contributed by atoms with E-state index in [-0.39, 0.29) is 31.2 Å². The van der Waals surface area contributed by atoms with Gasteiger partial charge in [0.05, 0.1) is 18.4 Å². The number of amides is 2. The fourth-order valence-electron chi connectivity index (χ4n) is 4.43. The van der Waals surface area contributed by atoms with Crippen molar-refractivity contribution in [1.29, 1.82) is 0 Å². The van der Waals surface area contributed by atoms with Crippen LogP contribution in [0.3, 0.4) is 0 Å². The average Bonchev–Trinajstić information content (AvgIpc) is 2.79. The van der Waals surface area contributed by atoms with E-state index in [0.717, 1.165) is 22.6 Å². The summed E-state index contributed by atoms with van der Waals surface area (Å²) in [5.41, 5.74) is 3.31. The van der Waals surface area contributed by atoms with Gasteiger partial charge in [-0.3, -0.25) is 14.8 Å². The number of rotatable bonds is 6. The molecule has 4 rings (SSSR count). The van der Waals surface area contributed by atoms with Crippen LogP contribution in [0.15, 0.2) is 48.5 Å². The number of hydrogen-bond donors (Lipinski definition) is 2. The second-order valence-corrected chi connectivity index (χ2v) is 9.19. The number of likely N-dealkylation sites (tertiary alicyclic amines) is 1. The Kier molecular flexibility index (Phi) is 7.20. The van der Waals surface area contributed by atoms with Gasteiger partial charge in [-0.25, -0.2) is 5.06 Å². The molecule has 0 unspecified atom stereocenters. The lowest BCUT2D eigenvalue weighted by molar-refractivity contribution is -0.179. The number of alkyl halides is 3. The predicted octanol–water partition coefficient (Wildman–Crippen LogP) is 4.41. The fourth-order valence-corrected chi connectivity index (χ4v) is 4.43. The van der Waals surface area contributed by atoms with Crippen LogP contribution >= 0.6 is 0 Å². The molecule has 0 aliphatic carbocycles. The molecule has 2 amide bonds. The molecule has 2 aliphatic rings. The van der Waals surface area contributed by atoms with Crippen LogP contribution in [0.2, 0.25) is 0 Å². The summed E-state index contributed by atoms with van der Waals surface area (Å²) in [5.74, 6) is -2.06. The van der Waals surface area contributed by atoms with Gasteiger partial charge >= 0.3 is 6.18 Å². The maximum Gasteiger partial charge on any atom is 0.391 e. The molecule has 0 aromatic heterocycles. The first-order chi connectivity index (χ1) is 16.6. The number of carbonyl (C=O) groups is 2. The zero-order valence-corrected chi connectivity index (χ0v) is 19.5. The van der Waals surface area contributed by atoms with E-state index in [9.17, 15) is 28.0 Å². The van der Waals surface area contributed by atoms with Crippen LogP contribution in [0, 0.1) is 11.8 Å². The summed E-state index contributed by atoms with van der Waals surface area (Å²) in [4.78, 5) is 27.1. The number of hydroxylamine groups is 2. The van der Waals surface area contributed by atoms with E-state index in [4.69, 9.17) is 0 Å². The first kappa shape index (κ1) is 24.8. The molecule has 7 nitrogen and oxygen atoms in total. The van der Waals surface area contributed by atoms with Crippen molar-refractivity contribution in [2.24, 2.45) is 11.8 Å². The number of halogens is 3. The molecular formula is C25H29F3N4O3. The number of hydrogen-bond acceptors (Lipinski definition) is 5. The van der Waals surface area contributed by atoms with Crippen molar-refractivity contribution in [3.8, 4) is 0 Å². The molecule has 188 valence electrons. The third-order valence-corrected chi connectivity index (χ3v) is 6.70. The highest BCUT2D eigenvalue weighted by molar-refractivity contribution is 5.83. The van der Waals surface area contributed by atoms with Gasteiger partial charge in [0.25, 0.3) is 5.91 Å². The van der Waals surface area contributed by atoms with Crippen LogP contribution in [-0.4, -0.2) is 59.3 Å². The van der Waals surface area contributed by atoms with Crippen LogP contribution in [0.1, 0.15) is 25.3 Å². The average molecular weight is 491 g/mol. The molecule has 0 spiro atoms. The zero-order chi connectivity index (χ0) is 25.2. The molecule has 0 saturated carbocycles. The first-order valence-electron chi connectivity index (χ1n) is 11.6. The molecule has 2 fully saturated rings. The summed E-state index contributed by atoms with van der Waals surface area (Å²) in [5, 5.41) is 14.1. The highest BCUT2D eigenvalue weighted by atomic mass is 19.4. The van der Waals surface area contributed by atoms with E-state index in [0.29, 0.717) is 31.2 Å². The number of carbonyl (C=O) groups excluding carboxylic acids is 2. The van der Waals surface area contributed by atoms with Crippen LogP contribution in [-0.2, 0) is 16.1 Å². The topological polar surface area (TPSA) is 76.1 Å². The molecule has 0 atom stereocenters. The van der Waals surface area contributed by atoms with Crippen molar-refractivity contribution < 1.29 is 28.0 Å². The number of piperidine rings is 1. The van der Waals surface area contributed by atoms with Crippen molar-refractivity contribution in [1.82, 2.24) is 9.96 Å². The molecule has 2 aromatic carbocycles. The van der Waals surface area contributed by atoms with E-state index in [1.165, 1.54) is 6.92 Å². The summed E-state index contributed by atoms with van der Waals surface area (Å²) in [6.45, 7) is 2.94. The van der Waals surface area contributed by atoms with E-state index in [1.54, 1.807) is 17.0 Å². The number of benzene rings is 2. The standard InChI is InChI=1S/C25H29F3N4O3/c1-17(33)31-15-19(16-31)24(34)32(35)14-18-2-4-21(5-3-18)29-22-6-8-23(9-7-22)30-12-10-20(11-13-30)25(26,27)28/h2-9,19-20,29,35H,10-16H2,1H3. The molecular weight excluding hydrogens is 461 g/mol. The fraction of sp³-hybridized carbons (Fsp3) is 0.440. The van der Waals surface area contributed by atoms with Gasteiger partial charge in [-0.15, -0.1) is 0 Å². The summed E-state index contributed by atoms with van der Waals surface area (Å²) < 4.78 is 38.6. The Morgan fingerprint density at radius 2 is 1.54 bits per heavy atom. The first-order valence-corrected chi connectivity index (χ1v) is 11.6. The smallest absolute Gasteiger partial charge is 0.372 e. The molecule has 35 heavy (non-hydrogen) atoms. The van der Waals surface area contributed by atoms with Gasteiger partial charge in [0, 0.05) is 50.2 Å². The number of anilines is 3. The largest absolute Gasteiger partial charge is 0.391 e. The third kappa shape index (κ3) is 6.05. The minimum atomic E-state index is -4.12. The Hall–Kier alpha value is -3.27. The van der Waals surface area contributed by atoms with Gasteiger partial charge in [-0.05, 0) is 54.8 Å². The lowest BCUT2D eigenvalue weighted by Crippen LogP contribution is -2.55. The van der Waals surface area contributed by atoms with E-state index >= 15 is 0 Å². The minimum Gasteiger partial charge on any atom is -0.372 e. The Bertz CT molecular complexity index is 1030. The van der Waals surface area contributed by atoms with Crippen LogP contribution in [0.5, 0.6) is 0 Å². The maximum atomic E-state index is 12.9. The minimum absolute atomic E-state index is 0.0510. The number of nitrogens with one attached hydrogen (secondary N) is 1. The quantitative estimate of drug-likeness (QED) is 0.464. The molecule has 10 heteroatoms. The van der Waals surface area contributed by atoms with Gasteiger partial charge in [0.1, 0.15) is 0 Å². The summed E-state index contributed by atoms with van der Waals surface area (Å²) in [6, 6.07) is 14.9. The van der Waals surface area contributed by atoms with Crippen molar-refractivity contribution in [2.75, 3.05) is 36.4 Å². The van der Waals surface area contributed by atoms with Gasteiger partial charge in [-0.2, -0.15) is 13.2 Å². The van der Waals surface area contributed by atoms with E-state index in [2.05, 4.69) is 5.32 Å². The van der Waals surface area contributed by atoms with Gasteiger partial charge in [-0.1, -0.05) is 12.1 Å². The molecule has 2 heterocycles. The van der Waals surface area contributed by atoms with Gasteiger partial charge in [0.2, 0.25) is 5.91 Å². The van der Waals surface area contributed by atoms with Crippen molar-refractivity contribution in [2.45, 2.75) is 32.5 Å². The lowest BCUT2D eigenvalue weighted by Gasteiger charge is -2.38. The Morgan fingerprint density at radius 3 is 2.06 bits per heavy atom. The highest BCUT2D eigenvalue weighted by Gasteiger charge is 2.41. The maximum absolute atomic E-state index is 12.9. The summed E-state index contributed by atoms with van der Waals surface area (Å²) in [7, 11) is 0. The van der Waals surface area contributed by atoms with Crippen LogP contribution in [0.25, 0.3) is 0 Å². The normalized spacial score (nSPS) is 17.2. The SMILES string of the molecule is CC(=O)N1CC(C(=O)N(O)Cc2ccc(Nc3ccc(N4CCC(C(F)(F)F)CC4)cc3)cc2)C1. The van der Waals surface area contributed by atoms with Crippen molar-refractivity contribution in [3.63, 3.8) is 0 Å². The second-order valence-electron chi connectivity index (χ2n) is 9.19. The highest BCUT2D eigenvalue weighted by Crippen LogP contribution is 2.35. The monoisotopic (exact) mass is 490 g/mol. The van der Waals surface area contributed by atoms with Gasteiger partial charge in [0.15, 0.2) is 0 Å². The molecule has 2 aromatic rings. The van der Waals surface area contributed by atoms with Crippen molar-refractivity contribution in [3.05, 3.63) is 54.1 Å². The second kappa shape index (κ2) is 10.2. The van der Waals surface area contributed by atoms with Crippen LogP contribution in [0.4, 0.5) is 30.2 Å².